The van der Waals surface area contributed by atoms with Gasteiger partial charge in [0, 0.05) is 13.0 Å². The number of unbranched alkanes of at least 4 members (excludes halogenated alkanes) is 31. The van der Waals surface area contributed by atoms with Gasteiger partial charge in [-0.3, -0.25) is 4.79 Å². The molecule has 0 rings (SSSR count). The fraction of sp³-hybridized carbons (Fsp3) is 0.936. The number of esters is 1. The molecule has 304 valence electrons. The number of hydrogen-bond acceptors (Lipinski definition) is 4. The minimum absolute atomic E-state index is 0.170. The maximum absolute atomic E-state index is 12.2. The molecule has 0 aromatic rings. The van der Waals surface area contributed by atoms with Crippen LogP contribution in [-0.4, -0.2) is 37.0 Å². The van der Waals surface area contributed by atoms with E-state index in [0.717, 1.165) is 25.2 Å². The summed E-state index contributed by atoms with van der Waals surface area (Å²) < 4.78 is 11.2. The quantitative estimate of drug-likeness (QED) is 0.0387. The van der Waals surface area contributed by atoms with E-state index in [9.17, 15) is 9.90 Å². The molecule has 0 aliphatic rings. The van der Waals surface area contributed by atoms with E-state index in [1.807, 2.05) is 0 Å². The topological polar surface area (TPSA) is 55.8 Å². The van der Waals surface area contributed by atoms with Gasteiger partial charge in [-0.2, -0.15) is 0 Å². The number of aliphatic hydroxyl groups excluding tert-OH is 1. The van der Waals surface area contributed by atoms with Crippen LogP contribution in [0.1, 0.15) is 252 Å². The Morgan fingerprint density at radius 1 is 0.510 bits per heavy atom. The Labute approximate surface area is 320 Å². The van der Waals surface area contributed by atoms with Gasteiger partial charge in [0.15, 0.2) is 0 Å². The molecule has 0 radical (unpaired) electrons. The summed E-state index contributed by atoms with van der Waals surface area (Å²) in [5, 5.41) is 9.61. The predicted octanol–water partition coefficient (Wildman–Crippen LogP) is 15.2. The first-order valence-corrected chi connectivity index (χ1v) is 23.1. The zero-order chi connectivity index (χ0) is 37.1. The summed E-state index contributed by atoms with van der Waals surface area (Å²) in [6, 6.07) is 0. The van der Waals surface area contributed by atoms with Gasteiger partial charge in [-0.05, 0) is 44.4 Å². The van der Waals surface area contributed by atoms with Crippen LogP contribution in [0.4, 0.5) is 0 Å². The molecule has 0 bridgehead atoms. The molecule has 1 atom stereocenters. The third kappa shape index (κ3) is 43.4. The minimum Gasteiger partial charge on any atom is -0.457 e. The van der Waals surface area contributed by atoms with Crippen molar-refractivity contribution < 1.29 is 19.4 Å². The number of allylic oxidation sites excluding steroid dienone is 2. The maximum Gasteiger partial charge on any atom is 0.306 e. The molecule has 0 saturated carbocycles. The molecule has 0 fully saturated rings. The van der Waals surface area contributed by atoms with Crippen molar-refractivity contribution in [2.24, 2.45) is 5.92 Å². The number of hydrogen-bond donors (Lipinski definition) is 1. The molecule has 0 spiro atoms. The third-order valence-corrected chi connectivity index (χ3v) is 10.5. The average Bonchev–Trinajstić information content (AvgIpc) is 3.12. The Morgan fingerprint density at radius 2 is 0.882 bits per heavy atom. The highest BCUT2D eigenvalue weighted by atomic mass is 16.6. The average molecular weight is 721 g/mol. The molecule has 0 aromatic carbocycles. The molecule has 4 heteroatoms. The zero-order valence-electron chi connectivity index (χ0n) is 35.1. The van der Waals surface area contributed by atoms with E-state index in [2.05, 4.69) is 32.9 Å². The third-order valence-electron chi connectivity index (χ3n) is 10.5. The smallest absolute Gasteiger partial charge is 0.306 e. The number of carbonyl (C=O) groups is 1. The van der Waals surface area contributed by atoms with Gasteiger partial charge in [-0.1, -0.05) is 219 Å². The van der Waals surface area contributed by atoms with Crippen molar-refractivity contribution in [2.45, 2.75) is 258 Å². The van der Waals surface area contributed by atoms with Crippen molar-refractivity contribution in [2.75, 3.05) is 19.8 Å². The molecule has 1 unspecified atom stereocenters. The van der Waals surface area contributed by atoms with Gasteiger partial charge in [-0.15, -0.1) is 0 Å². The monoisotopic (exact) mass is 721 g/mol. The molecule has 51 heavy (non-hydrogen) atoms. The van der Waals surface area contributed by atoms with E-state index in [-0.39, 0.29) is 12.6 Å². The van der Waals surface area contributed by atoms with Gasteiger partial charge in [0.25, 0.3) is 0 Å². The standard InChI is InChI=1S/C47H92O4/c1-4-5-6-7-8-9-10-11-12-13-14-15-16-17-18-19-20-21-24-27-30-33-36-39-42-50-44-46(43-48)51-47(49)41-38-35-32-29-26-23-22-25-28-31-34-37-40-45(2)3/h22,25,45-46,48H,4-21,23-24,26-44H2,1-3H3. The van der Waals surface area contributed by atoms with Crippen LogP contribution in [0.5, 0.6) is 0 Å². The summed E-state index contributed by atoms with van der Waals surface area (Å²) in [7, 11) is 0. The Kier molecular flexibility index (Phi) is 42.8. The van der Waals surface area contributed by atoms with Gasteiger partial charge >= 0.3 is 5.97 Å². The highest BCUT2D eigenvalue weighted by molar-refractivity contribution is 5.69. The molecule has 1 N–H and O–H groups in total. The van der Waals surface area contributed by atoms with E-state index in [4.69, 9.17) is 9.47 Å². The fourth-order valence-corrected chi connectivity index (χ4v) is 7.04. The van der Waals surface area contributed by atoms with Crippen molar-refractivity contribution in [1.29, 1.82) is 0 Å². The summed E-state index contributed by atoms with van der Waals surface area (Å²) in [5.41, 5.74) is 0. The van der Waals surface area contributed by atoms with Crippen molar-refractivity contribution in [1.82, 2.24) is 0 Å². The second-order valence-electron chi connectivity index (χ2n) is 16.3. The van der Waals surface area contributed by atoms with E-state index < -0.39 is 6.10 Å². The summed E-state index contributed by atoms with van der Waals surface area (Å²) in [6.07, 6.45) is 51.5. The van der Waals surface area contributed by atoms with Gasteiger partial charge in [0.2, 0.25) is 0 Å². The Morgan fingerprint density at radius 3 is 1.29 bits per heavy atom. The summed E-state index contributed by atoms with van der Waals surface area (Å²) in [4.78, 5) is 12.2. The zero-order valence-corrected chi connectivity index (χ0v) is 35.1. The summed E-state index contributed by atoms with van der Waals surface area (Å²) >= 11 is 0. The fourth-order valence-electron chi connectivity index (χ4n) is 7.04. The maximum atomic E-state index is 12.2. The summed E-state index contributed by atoms with van der Waals surface area (Å²) in [5.74, 6) is 0.629. The number of ether oxygens (including phenoxy) is 2. The molecule has 0 saturated heterocycles. The second kappa shape index (κ2) is 43.5. The molecular formula is C47H92O4. The van der Waals surface area contributed by atoms with Crippen LogP contribution < -0.4 is 0 Å². The van der Waals surface area contributed by atoms with Crippen LogP contribution in [0, 0.1) is 5.92 Å². The SMILES string of the molecule is CCCCCCCCCCCCCCCCCCCCCCCCCCOCC(CO)OC(=O)CCCCCCCC=CCCCCCC(C)C. The highest BCUT2D eigenvalue weighted by Crippen LogP contribution is 2.16. The lowest BCUT2D eigenvalue weighted by Gasteiger charge is -2.15. The number of rotatable bonds is 43. The number of aliphatic hydroxyl groups is 1. The van der Waals surface area contributed by atoms with Crippen LogP contribution in [0.2, 0.25) is 0 Å². The van der Waals surface area contributed by atoms with Crippen LogP contribution in [0.15, 0.2) is 12.2 Å². The van der Waals surface area contributed by atoms with E-state index in [1.54, 1.807) is 0 Å². The molecule has 0 amide bonds. The molecule has 0 aliphatic carbocycles. The minimum atomic E-state index is -0.533. The molecular weight excluding hydrogens is 629 g/mol. The van der Waals surface area contributed by atoms with E-state index in [1.165, 1.54) is 205 Å². The molecule has 0 aliphatic heterocycles. The predicted molar refractivity (Wildman–Crippen MR) is 224 cm³/mol. The lowest BCUT2D eigenvalue weighted by Crippen LogP contribution is -2.27. The van der Waals surface area contributed by atoms with E-state index in [0.29, 0.717) is 19.6 Å². The molecule has 4 nitrogen and oxygen atoms in total. The first-order valence-electron chi connectivity index (χ1n) is 23.1. The van der Waals surface area contributed by atoms with Gasteiger partial charge in [-0.25, -0.2) is 0 Å². The van der Waals surface area contributed by atoms with Crippen molar-refractivity contribution in [3.8, 4) is 0 Å². The Bertz CT molecular complexity index is 690. The largest absolute Gasteiger partial charge is 0.457 e. The van der Waals surface area contributed by atoms with Crippen LogP contribution in [-0.2, 0) is 14.3 Å². The van der Waals surface area contributed by atoms with Crippen molar-refractivity contribution >= 4 is 5.97 Å². The van der Waals surface area contributed by atoms with Gasteiger partial charge < -0.3 is 14.6 Å². The lowest BCUT2D eigenvalue weighted by atomic mass is 10.0. The number of carbonyl (C=O) groups excluding carboxylic acids is 1. The summed E-state index contributed by atoms with van der Waals surface area (Å²) in [6.45, 7) is 7.72. The first kappa shape index (κ1) is 50.1. The lowest BCUT2D eigenvalue weighted by molar-refractivity contribution is -0.154. The second-order valence-corrected chi connectivity index (χ2v) is 16.3. The van der Waals surface area contributed by atoms with Crippen molar-refractivity contribution in [3.63, 3.8) is 0 Å². The Balaban J connectivity index is 3.35. The van der Waals surface area contributed by atoms with Crippen LogP contribution in [0.3, 0.4) is 0 Å². The van der Waals surface area contributed by atoms with Crippen LogP contribution in [0.25, 0.3) is 0 Å². The van der Waals surface area contributed by atoms with Gasteiger partial charge in [0.05, 0.1) is 13.2 Å². The Hall–Kier alpha value is -0.870. The normalized spacial score (nSPS) is 12.4. The molecule has 0 aromatic heterocycles. The van der Waals surface area contributed by atoms with Crippen LogP contribution >= 0.6 is 0 Å². The van der Waals surface area contributed by atoms with E-state index >= 15 is 0 Å². The highest BCUT2D eigenvalue weighted by Gasteiger charge is 2.13. The first-order chi connectivity index (χ1) is 25.1. The van der Waals surface area contributed by atoms with Gasteiger partial charge in [0.1, 0.15) is 6.10 Å². The van der Waals surface area contributed by atoms with Crippen molar-refractivity contribution in [3.05, 3.63) is 12.2 Å². The molecule has 0 heterocycles.